The Kier molecular flexibility index (Phi) is 5.53. The molecule has 0 atom stereocenters. The molecule has 0 saturated heterocycles. The maximum Gasteiger partial charge on any atom is 0.253 e. The molecule has 124 valence electrons. The van der Waals surface area contributed by atoms with Crippen LogP contribution in [-0.4, -0.2) is 28.9 Å². The maximum absolute atomic E-state index is 12.3. The molecule has 0 aliphatic rings. The molecule has 3 rings (SSSR count). The number of aromatic nitrogens is 1. The van der Waals surface area contributed by atoms with Gasteiger partial charge in [-0.3, -0.25) is 4.79 Å². The largest absolute Gasteiger partial charge is 0.339 e. The van der Waals surface area contributed by atoms with Gasteiger partial charge in [0, 0.05) is 24.4 Å². The Hall–Kier alpha value is -1.85. The Morgan fingerprint density at radius 1 is 1.08 bits per heavy atom. The van der Waals surface area contributed by atoms with Crippen molar-refractivity contribution in [3.63, 3.8) is 0 Å². The van der Waals surface area contributed by atoms with E-state index in [9.17, 15) is 4.79 Å². The third kappa shape index (κ3) is 3.79. The first-order valence-electron chi connectivity index (χ1n) is 8.07. The molecule has 5 heteroatoms. The third-order valence-corrected chi connectivity index (χ3v) is 6.14. The molecule has 0 N–H and O–H groups in total. The van der Waals surface area contributed by atoms with E-state index in [0.717, 1.165) is 34.3 Å². The third-order valence-electron chi connectivity index (χ3n) is 3.89. The minimum atomic E-state index is 0.102. The maximum atomic E-state index is 12.3. The van der Waals surface area contributed by atoms with Crippen LogP contribution >= 0.6 is 23.1 Å². The summed E-state index contributed by atoms with van der Waals surface area (Å²) in [6, 6.07) is 16.1. The monoisotopic (exact) mass is 356 g/mol. The molecule has 0 bridgehead atoms. The van der Waals surface area contributed by atoms with Crippen molar-refractivity contribution in [2.24, 2.45) is 0 Å². The molecule has 0 aliphatic carbocycles. The molecule has 1 heterocycles. The van der Waals surface area contributed by atoms with E-state index in [4.69, 9.17) is 0 Å². The summed E-state index contributed by atoms with van der Waals surface area (Å²) in [5.74, 6) is 0.963. The quantitative estimate of drug-likeness (QED) is 0.578. The van der Waals surface area contributed by atoms with Crippen molar-refractivity contribution in [3.8, 4) is 0 Å². The normalized spacial score (nSPS) is 10.9. The van der Waals surface area contributed by atoms with Gasteiger partial charge >= 0.3 is 0 Å². The number of carbonyl (C=O) groups excluding carboxylic acids is 1. The second-order valence-electron chi connectivity index (χ2n) is 5.41. The van der Waals surface area contributed by atoms with Gasteiger partial charge < -0.3 is 4.90 Å². The van der Waals surface area contributed by atoms with Crippen LogP contribution in [0.4, 0.5) is 0 Å². The summed E-state index contributed by atoms with van der Waals surface area (Å²) in [7, 11) is 0. The number of hydrogen-bond acceptors (Lipinski definition) is 4. The highest BCUT2D eigenvalue weighted by Gasteiger charge is 2.12. The number of amides is 1. The van der Waals surface area contributed by atoms with Gasteiger partial charge in [-0.05, 0) is 43.7 Å². The van der Waals surface area contributed by atoms with Crippen LogP contribution in [0.2, 0.25) is 0 Å². The second kappa shape index (κ2) is 7.81. The molecule has 0 fully saturated rings. The first-order valence-corrected chi connectivity index (χ1v) is 9.88. The predicted molar refractivity (Wildman–Crippen MR) is 103 cm³/mol. The van der Waals surface area contributed by atoms with Crippen molar-refractivity contribution in [1.82, 2.24) is 9.88 Å². The van der Waals surface area contributed by atoms with Crippen molar-refractivity contribution in [3.05, 3.63) is 59.7 Å². The summed E-state index contributed by atoms with van der Waals surface area (Å²) in [5, 5.41) is 0. The number of carbonyl (C=O) groups is 1. The number of nitrogens with zero attached hydrogens (tertiary/aromatic N) is 2. The van der Waals surface area contributed by atoms with Gasteiger partial charge in [0.1, 0.15) is 0 Å². The minimum absolute atomic E-state index is 0.102. The smallest absolute Gasteiger partial charge is 0.253 e. The summed E-state index contributed by atoms with van der Waals surface area (Å²) < 4.78 is 2.31. The highest BCUT2D eigenvalue weighted by Crippen LogP contribution is 2.31. The molecule has 1 amide bonds. The number of fused-ring (bicyclic) bond motifs is 1. The lowest BCUT2D eigenvalue weighted by Gasteiger charge is -2.18. The highest BCUT2D eigenvalue weighted by molar-refractivity contribution is 8.00. The lowest BCUT2D eigenvalue weighted by Crippen LogP contribution is -2.30. The topological polar surface area (TPSA) is 33.2 Å². The van der Waals surface area contributed by atoms with Crippen molar-refractivity contribution in [2.75, 3.05) is 13.1 Å². The van der Waals surface area contributed by atoms with Crippen molar-refractivity contribution in [1.29, 1.82) is 0 Å². The van der Waals surface area contributed by atoms with Crippen LogP contribution in [0, 0.1) is 0 Å². The molecule has 1 aromatic heterocycles. The fourth-order valence-electron chi connectivity index (χ4n) is 2.49. The van der Waals surface area contributed by atoms with Gasteiger partial charge in [0.15, 0.2) is 4.34 Å². The van der Waals surface area contributed by atoms with Crippen LogP contribution in [0.1, 0.15) is 29.8 Å². The van der Waals surface area contributed by atoms with Gasteiger partial charge in [0.05, 0.1) is 10.2 Å². The van der Waals surface area contributed by atoms with Gasteiger partial charge in [-0.1, -0.05) is 36.0 Å². The lowest BCUT2D eigenvalue weighted by atomic mass is 10.1. The van der Waals surface area contributed by atoms with Crippen molar-refractivity contribution < 1.29 is 4.79 Å². The Morgan fingerprint density at radius 3 is 2.46 bits per heavy atom. The zero-order valence-corrected chi connectivity index (χ0v) is 15.5. The van der Waals surface area contributed by atoms with Crippen molar-refractivity contribution in [2.45, 2.75) is 23.9 Å². The summed E-state index contributed by atoms with van der Waals surface area (Å²) in [6.07, 6.45) is 0. The summed E-state index contributed by atoms with van der Waals surface area (Å²) in [4.78, 5) is 18.8. The van der Waals surface area contributed by atoms with Crippen LogP contribution in [0.15, 0.2) is 52.9 Å². The van der Waals surface area contributed by atoms with E-state index in [1.54, 1.807) is 23.1 Å². The first kappa shape index (κ1) is 17.0. The Labute approximate surface area is 150 Å². The second-order valence-corrected chi connectivity index (χ2v) is 7.66. The molecule has 0 unspecified atom stereocenters. The minimum Gasteiger partial charge on any atom is -0.339 e. The van der Waals surface area contributed by atoms with E-state index in [2.05, 4.69) is 11.1 Å². The molecule has 3 nitrogen and oxygen atoms in total. The molecule has 0 radical (unpaired) electrons. The number of thiazole rings is 1. The Bertz CT molecular complexity index is 790. The standard InChI is InChI=1S/C19H20N2OS2/c1-3-21(4-2)18(22)15-11-9-14(10-12-15)13-23-19-20-16-7-5-6-8-17(16)24-19/h5-12H,3-4,13H2,1-2H3. The van der Waals surface area contributed by atoms with Crippen molar-refractivity contribution >= 4 is 39.2 Å². The van der Waals surface area contributed by atoms with Gasteiger partial charge in [-0.15, -0.1) is 11.3 Å². The van der Waals surface area contributed by atoms with E-state index in [0.29, 0.717) is 0 Å². The zero-order chi connectivity index (χ0) is 16.9. The van der Waals surface area contributed by atoms with E-state index in [1.807, 2.05) is 61.2 Å². The molecule has 0 spiro atoms. The summed E-state index contributed by atoms with van der Waals surface area (Å²) in [5.41, 5.74) is 3.02. The molecule has 3 aromatic rings. The van der Waals surface area contributed by atoms with Crippen LogP contribution in [-0.2, 0) is 5.75 Å². The Morgan fingerprint density at radius 2 is 1.79 bits per heavy atom. The van der Waals surface area contributed by atoms with Crippen LogP contribution in [0.5, 0.6) is 0 Å². The SMILES string of the molecule is CCN(CC)C(=O)c1ccc(CSc2nc3ccccc3s2)cc1. The van der Waals surface area contributed by atoms with Gasteiger partial charge in [-0.25, -0.2) is 4.98 Å². The Balaban J connectivity index is 1.64. The molecule has 2 aromatic carbocycles. The van der Waals surface area contributed by atoms with E-state index in [1.165, 1.54) is 10.3 Å². The predicted octanol–water partition coefficient (Wildman–Crippen LogP) is 5.07. The van der Waals surface area contributed by atoms with Gasteiger partial charge in [-0.2, -0.15) is 0 Å². The van der Waals surface area contributed by atoms with Crippen LogP contribution < -0.4 is 0 Å². The van der Waals surface area contributed by atoms with Gasteiger partial charge in [0.2, 0.25) is 0 Å². The highest BCUT2D eigenvalue weighted by atomic mass is 32.2. The average Bonchev–Trinajstić information content (AvgIpc) is 3.04. The molecule has 24 heavy (non-hydrogen) atoms. The fourth-order valence-corrected chi connectivity index (χ4v) is 4.52. The fraction of sp³-hybridized carbons (Fsp3) is 0.263. The summed E-state index contributed by atoms with van der Waals surface area (Å²) >= 11 is 3.47. The van der Waals surface area contributed by atoms with Crippen LogP contribution in [0.25, 0.3) is 10.2 Å². The number of hydrogen-bond donors (Lipinski definition) is 0. The van der Waals surface area contributed by atoms with E-state index >= 15 is 0 Å². The zero-order valence-electron chi connectivity index (χ0n) is 13.9. The molecular formula is C19H20N2OS2. The molecule has 0 saturated carbocycles. The molecule has 0 aliphatic heterocycles. The average molecular weight is 357 g/mol. The lowest BCUT2D eigenvalue weighted by molar-refractivity contribution is 0.0773. The van der Waals surface area contributed by atoms with E-state index < -0.39 is 0 Å². The first-order chi connectivity index (χ1) is 11.7. The number of benzene rings is 2. The number of para-hydroxylation sites is 1. The van der Waals surface area contributed by atoms with Gasteiger partial charge in [0.25, 0.3) is 5.91 Å². The molecular weight excluding hydrogens is 336 g/mol. The summed E-state index contributed by atoms with van der Waals surface area (Å²) in [6.45, 7) is 5.49. The number of rotatable bonds is 6. The van der Waals surface area contributed by atoms with Crippen LogP contribution in [0.3, 0.4) is 0 Å². The number of thioether (sulfide) groups is 1. The van der Waals surface area contributed by atoms with E-state index in [-0.39, 0.29) is 5.91 Å².